The summed E-state index contributed by atoms with van der Waals surface area (Å²) >= 11 is 11.8. The van der Waals surface area contributed by atoms with Gasteiger partial charge in [0, 0.05) is 28.9 Å². The van der Waals surface area contributed by atoms with Gasteiger partial charge in [-0.15, -0.1) is 12.4 Å². The Morgan fingerprint density at radius 1 is 1.10 bits per heavy atom. The number of hydrogen-bond acceptors (Lipinski definition) is 3. The molecular weight excluding hydrogens is 331 g/mol. The van der Waals surface area contributed by atoms with Crippen LogP contribution in [-0.4, -0.2) is 15.2 Å². The minimum Gasteiger partial charge on any atom is -0.276 e. The summed E-state index contributed by atoms with van der Waals surface area (Å²) in [5.74, 6) is 0. The smallest absolute Gasteiger partial charge is 0.253 e. The number of hydrogen-bond donors (Lipinski definition) is 0. The molecule has 0 saturated carbocycles. The standard InChI is InChI=1S/C15H8Cl2N2O.ClH/c16-12-3-1-2-10-11(15(17)20)8-13(19-14(10)12)9-4-6-18-7-5-9;/h1-8H;1H. The number of fused-ring (bicyclic) bond motifs is 1. The first-order valence-corrected chi connectivity index (χ1v) is 6.62. The predicted molar refractivity (Wildman–Crippen MR) is 87.4 cm³/mol. The molecule has 2 aromatic heterocycles. The fourth-order valence-corrected chi connectivity index (χ4v) is 2.42. The summed E-state index contributed by atoms with van der Waals surface area (Å²) < 4.78 is 0. The minimum atomic E-state index is -0.532. The van der Waals surface area contributed by atoms with Crippen LogP contribution in [0.15, 0.2) is 48.8 Å². The SMILES string of the molecule is Cl.O=C(Cl)c1cc(-c2ccncc2)nc2c(Cl)cccc12. The zero-order valence-electron chi connectivity index (χ0n) is 10.6. The van der Waals surface area contributed by atoms with Crippen molar-refractivity contribution in [1.29, 1.82) is 0 Å². The lowest BCUT2D eigenvalue weighted by Crippen LogP contribution is -1.96. The van der Waals surface area contributed by atoms with Gasteiger partial charge in [0.25, 0.3) is 5.24 Å². The molecule has 0 N–H and O–H groups in total. The molecular formula is C15H9Cl3N2O. The molecule has 0 saturated heterocycles. The third-order valence-corrected chi connectivity index (χ3v) is 3.49. The molecule has 0 unspecified atom stereocenters. The van der Waals surface area contributed by atoms with Crippen molar-refractivity contribution in [3.8, 4) is 11.3 Å². The van der Waals surface area contributed by atoms with Crippen LogP contribution in [0.3, 0.4) is 0 Å². The van der Waals surface area contributed by atoms with Crippen molar-refractivity contribution in [2.45, 2.75) is 0 Å². The zero-order chi connectivity index (χ0) is 14.1. The van der Waals surface area contributed by atoms with Crippen LogP contribution in [0.4, 0.5) is 0 Å². The van der Waals surface area contributed by atoms with E-state index < -0.39 is 5.24 Å². The Morgan fingerprint density at radius 3 is 2.48 bits per heavy atom. The molecule has 6 heteroatoms. The van der Waals surface area contributed by atoms with Crippen LogP contribution in [0, 0.1) is 0 Å². The number of aromatic nitrogens is 2. The number of carbonyl (C=O) groups excluding carboxylic acids is 1. The maximum atomic E-state index is 11.6. The average molecular weight is 340 g/mol. The van der Waals surface area contributed by atoms with E-state index in [1.54, 1.807) is 36.7 Å². The lowest BCUT2D eigenvalue weighted by atomic mass is 10.1. The first kappa shape index (κ1) is 15.7. The van der Waals surface area contributed by atoms with E-state index in [4.69, 9.17) is 23.2 Å². The van der Waals surface area contributed by atoms with Crippen LogP contribution in [-0.2, 0) is 0 Å². The Hall–Kier alpha value is -1.68. The predicted octanol–water partition coefficient (Wildman–Crippen LogP) is 4.75. The van der Waals surface area contributed by atoms with E-state index in [0.717, 1.165) is 5.56 Å². The summed E-state index contributed by atoms with van der Waals surface area (Å²) in [5, 5.41) is 0.600. The van der Waals surface area contributed by atoms with Gasteiger partial charge in [-0.05, 0) is 35.9 Å². The fourth-order valence-electron chi connectivity index (χ4n) is 2.05. The first-order valence-electron chi connectivity index (χ1n) is 5.86. The monoisotopic (exact) mass is 338 g/mol. The second-order valence-electron chi connectivity index (χ2n) is 4.20. The number of halogens is 3. The lowest BCUT2D eigenvalue weighted by molar-refractivity contribution is 0.108. The van der Waals surface area contributed by atoms with Gasteiger partial charge in [-0.3, -0.25) is 9.78 Å². The van der Waals surface area contributed by atoms with Gasteiger partial charge in [0.15, 0.2) is 0 Å². The quantitative estimate of drug-likeness (QED) is 0.633. The minimum absolute atomic E-state index is 0. The Labute approximate surface area is 137 Å². The molecule has 0 amide bonds. The van der Waals surface area contributed by atoms with Gasteiger partial charge < -0.3 is 0 Å². The highest BCUT2D eigenvalue weighted by Gasteiger charge is 2.13. The average Bonchev–Trinajstić information content (AvgIpc) is 2.47. The molecule has 0 spiro atoms. The summed E-state index contributed by atoms with van der Waals surface area (Å²) in [5.41, 5.74) is 2.44. The normalized spacial score (nSPS) is 10.2. The van der Waals surface area contributed by atoms with Crippen molar-refractivity contribution >= 4 is 51.8 Å². The Balaban J connectivity index is 0.00000161. The van der Waals surface area contributed by atoms with Crippen molar-refractivity contribution in [3.63, 3.8) is 0 Å². The van der Waals surface area contributed by atoms with E-state index >= 15 is 0 Å². The zero-order valence-corrected chi connectivity index (χ0v) is 12.9. The summed E-state index contributed by atoms with van der Waals surface area (Å²) in [6, 6.07) is 10.6. The van der Waals surface area contributed by atoms with Crippen LogP contribution in [0.5, 0.6) is 0 Å². The Morgan fingerprint density at radius 2 is 1.81 bits per heavy atom. The summed E-state index contributed by atoms with van der Waals surface area (Å²) in [4.78, 5) is 20.1. The molecule has 1 aromatic carbocycles. The largest absolute Gasteiger partial charge is 0.276 e. The van der Waals surface area contributed by atoms with E-state index in [1.165, 1.54) is 0 Å². The molecule has 2 heterocycles. The lowest BCUT2D eigenvalue weighted by Gasteiger charge is -2.08. The fraction of sp³-hybridized carbons (Fsp3) is 0. The maximum absolute atomic E-state index is 11.6. The molecule has 0 aliphatic carbocycles. The number of rotatable bonds is 2. The Kier molecular flexibility index (Phi) is 4.78. The molecule has 0 aliphatic rings. The molecule has 0 aliphatic heterocycles. The van der Waals surface area contributed by atoms with E-state index in [2.05, 4.69) is 9.97 Å². The van der Waals surface area contributed by atoms with Gasteiger partial charge in [-0.1, -0.05) is 23.7 Å². The van der Waals surface area contributed by atoms with Gasteiger partial charge in [-0.25, -0.2) is 4.98 Å². The number of pyridine rings is 2. The first-order chi connectivity index (χ1) is 9.66. The van der Waals surface area contributed by atoms with Gasteiger partial charge in [-0.2, -0.15) is 0 Å². The molecule has 0 bridgehead atoms. The van der Waals surface area contributed by atoms with Crippen LogP contribution in [0.1, 0.15) is 10.4 Å². The third-order valence-electron chi connectivity index (χ3n) is 2.98. The molecule has 21 heavy (non-hydrogen) atoms. The van der Waals surface area contributed by atoms with Gasteiger partial charge >= 0.3 is 0 Å². The van der Waals surface area contributed by atoms with E-state index in [9.17, 15) is 4.79 Å². The van der Waals surface area contributed by atoms with Crippen molar-refractivity contribution in [2.75, 3.05) is 0 Å². The highest BCUT2D eigenvalue weighted by atomic mass is 35.5. The van der Waals surface area contributed by atoms with Gasteiger partial charge in [0.2, 0.25) is 0 Å². The summed E-state index contributed by atoms with van der Waals surface area (Å²) in [6.07, 6.45) is 3.33. The van der Waals surface area contributed by atoms with Crippen molar-refractivity contribution in [2.24, 2.45) is 0 Å². The van der Waals surface area contributed by atoms with Gasteiger partial charge in [0.05, 0.1) is 16.2 Å². The highest BCUT2D eigenvalue weighted by Crippen LogP contribution is 2.29. The van der Waals surface area contributed by atoms with Crippen LogP contribution < -0.4 is 0 Å². The van der Waals surface area contributed by atoms with Gasteiger partial charge in [0.1, 0.15) is 0 Å². The molecule has 3 aromatic rings. The van der Waals surface area contributed by atoms with Crippen LogP contribution in [0.2, 0.25) is 5.02 Å². The topological polar surface area (TPSA) is 42.9 Å². The molecule has 0 radical (unpaired) electrons. The second kappa shape index (κ2) is 6.39. The Bertz CT molecular complexity index is 807. The van der Waals surface area contributed by atoms with Crippen LogP contribution in [0.25, 0.3) is 22.2 Å². The molecule has 106 valence electrons. The van der Waals surface area contributed by atoms with E-state index in [-0.39, 0.29) is 12.4 Å². The van der Waals surface area contributed by atoms with Crippen LogP contribution >= 0.6 is 35.6 Å². The van der Waals surface area contributed by atoms with Crippen molar-refractivity contribution in [3.05, 3.63) is 59.4 Å². The van der Waals surface area contributed by atoms with Crippen molar-refractivity contribution < 1.29 is 4.79 Å². The molecule has 0 fully saturated rings. The maximum Gasteiger partial charge on any atom is 0.253 e. The molecule has 0 atom stereocenters. The third kappa shape index (κ3) is 3.00. The number of carbonyl (C=O) groups is 1. The molecule has 3 rings (SSSR count). The van der Waals surface area contributed by atoms with E-state index in [1.807, 2.05) is 12.1 Å². The summed E-state index contributed by atoms with van der Waals surface area (Å²) in [6.45, 7) is 0. The number of nitrogens with zero attached hydrogens (tertiary/aromatic N) is 2. The summed E-state index contributed by atoms with van der Waals surface area (Å²) in [7, 11) is 0. The second-order valence-corrected chi connectivity index (χ2v) is 4.95. The molecule has 3 nitrogen and oxygen atoms in total. The number of para-hydroxylation sites is 1. The van der Waals surface area contributed by atoms with Crippen molar-refractivity contribution in [1.82, 2.24) is 9.97 Å². The number of benzene rings is 1. The highest BCUT2D eigenvalue weighted by molar-refractivity contribution is 6.68. The van der Waals surface area contributed by atoms with E-state index in [0.29, 0.717) is 27.2 Å².